The summed E-state index contributed by atoms with van der Waals surface area (Å²) in [5.74, 6) is 1.45. The number of carbonyl (C=O) groups is 1. The Morgan fingerprint density at radius 1 is 1.21 bits per heavy atom. The summed E-state index contributed by atoms with van der Waals surface area (Å²) in [6.45, 7) is 0.565. The number of hydrogen-bond donors (Lipinski definition) is 1. The molecule has 0 spiro atoms. The Kier molecular flexibility index (Phi) is 4.67. The van der Waals surface area contributed by atoms with Crippen LogP contribution in [0.2, 0.25) is 0 Å². The van der Waals surface area contributed by atoms with Crippen molar-refractivity contribution in [3.05, 3.63) is 74.5 Å². The van der Waals surface area contributed by atoms with Gasteiger partial charge in [0.05, 0.1) is 11.6 Å². The summed E-state index contributed by atoms with van der Waals surface area (Å²) in [4.78, 5) is 26.1. The first kappa shape index (κ1) is 18.4. The highest BCUT2D eigenvalue weighted by Gasteiger charge is 2.39. The lowest BCUT2D eigenvalue weighted by molar-refractivity contribution is -0.116. The highest BCUT2D eigenvalue weighted by molar-refractivity contribution is 7.99. The number of aromatic nitrogens is 1. The van der Waals surface area contributed by atoms with Crippen molar-refractivity contribution in [2.24, 2.45) is 5.92 Å². The zero-order valence-electron chi connectivity index (χ0n) is 15.3. The molecule has 2 aliphatic rings. The lowest BCUT2D eigenvalue weighted by Crippen LogP contribution is -2.31. The number of nitrogens with zero attached hydrogens (tertiary/aromatic N) is 1. The van der Waals surface area contributed by atoms with Gasteiger partial charge in [0.1, 0.15) is 18.1 Å². The van der Waals surface area contributed by atoms with Crippen LogP contribution in [0.5, 0.6) is 5.75 Å². The van der Waals surface area contributed by atoms with E-state index in [0.29, 0.717) is 18.2 Å². The minimum atomic E-state index is -0.367. The highest BCUT2D eigenvalue weighted by Crippen LogP contribution is 2.50. The van der Waals surface area contributed by atoms with E-state index in [9.17, 15) is 14.0 Å². The van der Waals surface area contributed by atoms with Crippen molar-refractivity contribution in [1.29, 1.82) is 0 Å². The van der Waals surface area contributed by atoms with Crippen LogP contribution >= 0.6 is 23.1 Å². The van der Waals surface area contributed by atoms with Crippen LogP contribution in [0.1, 0.15) is 16.4 Å². The van der Waals surface area contributed by atoms with E-state index in [1.807, 2.05) is 18.2 Å². The van der Waals surface area contributed by atoms with Gasteiger partial charge in [0, 0.05) is 33.7 Å². The molecule has 8 heteroatoms. The van der Waals surface area contributed by atoms with E-state index in [-0.39, 0.29) is 29.1 Å². The molecule has 0 bridgehead atoms. The van der Waals surface area contributed by atoms with Crippen molar-refractivity contribution in [1.82, 2.24) is 4.57 Å². The zero-order valence-corrected chi connectivity index (χ0v) is 16.9. The number of hydrogen-bond acceptors (Lipinski definition) is 5. The van der Waals surface area contributed by atoms with E-state index in [2.05, 4.69) is 11.4 Å². The molecule has 29 heavy (non-hydrogen) atoms. The maximum Gasteiger partial charge on any atom is 0.308 e. The average Bonchev–Trinajstić information content (AvgIpc) is 3.04. The van der Waals surface area contributed by atoms with Crippen molar-refractivity contribution in [2.75, 3.05) is 17.7 Å². The second kappa shape index (κ2) is 7.35. The van der Waals surface area contributed by atoms with Gasteiger partial charge in [-0.2, -0.15) is 0 Å². The van der Waals surface area contributed by atoms with Gasteiger partial charge in [0.25, 0.3) is 0 Å². The molecular formula is C21H17FN2O3S2. The fourth-order valence-corrected chi connectivity index (χ4v) is 6.56. The van der Waals surface area contributed by atoms with Gasteiger partial charge >= 0.3 is 4.87 Å². The summed E-state index contributed by atoms with van der Waals surface area (Å²) in [7, 11) is 0. The highest BCUT2D eigenvalue weighted by atomic mass is 32.2. The molecule has 2 atom stereocenters. The number of rotatable bonds is 3. The molecule has 0 saturated carbocycles. The largest absolute Gasteiger partial charge is 0.493 e. The second-order valence-electron chi connectivity index (χ2n) is 7.08. The maximum atomic E-state index is 13.0. The first-order chi connectivity index (χ1) is 14.1. The Labute approximate surface area is 174 Å². The molecule has 1 amide bonds. The Hall–Kier alpha value is -2.58. The minimum Gasteiger partial charge on any atom is -0.493 e. The van der Waals surface area contributed by atoms with Crippen molar-refractivity contribution in [3.63, 3.8) is 0 Å². The van der Waals surface area contributed by atoms with Crippen LogP contribution in [0.3, 0.4) is 0 Å². The number of amides is 1. The van der Waals surface area contributed by atoms with Gasteiger partial charge in [-0.1, -0.05) is 29.5 Å². The fourth-order valence-electron chi connectivity index (χ4n) is 3.87. The number of ether oxygens (including phenoxy) is 1. The number of thiazole rings is 1. The van der Waals surface area contributed by atoms with Gasteiger partial charge in [-0.25, -0.2) is 4.39 Å². The van der Waals surface area contributed by atoms with Gasteiger partial charge in [-0.05, 0) is 30.3 Å². The van der Waals surface area contributed by atoms with E-state index in [0.717, 1.165) is 27.0 Å². The molecule has 1 N–H and O–H groups in total. The monoisotopic (exact) mass is 428 g/mol. The lowest BCUT2D eigenvalue weighted by atomic mass is 9.84. The van der Waals surface area contributed by atoms with Crippen molar-refractivity contribution < 1.29 is 13.9 Å². The van der Waals surface area contributed by atoms with Crippen molar-refractivity contribution in [2.45, 2.75) is 17.5 Å². The van der Waals surface area contributed by atoms with Crippen LogP contribution in [-0.2, 0) is 11.3 Å². The van der Waals surface area contributed by atoms with E-state index >= 15 is 0 Å². The summed E-state index contributed by atoms with van der Waals surface area (Å²) in [5.41, 5.74) is 1.61. The Morgan fingerprint density at radius 2 is 2.00 bits per heavy atom. The Bertz CT molecular complexity index is 1140. The van der Waals surface area contributed by atoms with Crippen LogP contribution < -0.4 is 14.9 Å². The quantitative estimate of drug-likeness (QED) is 0.687. The number of halogens is 1. The topological polar surface area (TPSA) is 60.3 Å². The maximum absolute atomic E-state index is 13.0. The smallest absolute Gasteiger partial charge is 0.308 e. The third-order valence-electron chi connectivity index (χ3n) is 5.20. The van der Waals surface area contributed by atoms with Gasteiger partial charge in [-0.3, -0.25) is 14.2 Å². The van der Waals surface area contributed by atoms with Crippen molar-refractivity contribution in [3.8, 4) is 5.75 Å². The van der Waals surface area contributed by atoms with E-state index in [1.165, 1.54) is 35.6 Å². The van der Waals surface area contributed by atoms with Gasteiger partial charge in [0.2, 0.25) is 5.91 Å². The number of thioether (sulfide) groups is 1. The second-order valence-corrected chi connectivity index (χ2v) is 9.08. The van der Waals surface area contributed by atoms with Gasteiger partial charge < -0.3 is 10.1 Å². The van der Waals surface area contributed by atoms with E-state index in [4.69, 9.17) is 4.74 Å². The molecule has 0 radical (unpaired) electrons. The molecule has 2 aliphatic heterocycles. The molecular weight excluding hydrogens is 411 g/mol. The lowest BCUT2D eigenvalue weighted by Gasteiger charge is -2.36. The number of carbonyl (C=O) groups excluding carboxylic acids is 1. The SMILES string of the molecule is O=C(Cn1c2c(sc1=O)[C@H]1c3ccccc3OC[C@@H]1CS2)Nc1ccc(F)cc1. The molecule has 5 rings (SSSR count). The Balaban J connectivity index is 1.44. The van der Waals surface area contributed by atoms with Crippen LogP contribution in [0.15, 0.2) is 58.4 Å². The molecule has 3 heterocycles. The predicted molar refractivity (Wildman–Crippen MR) is 112 cm³/mol. The summed E-state index contributed by atoms with van der Waals surface area (Å²) in [6, 6.07) is 13.5. The molecule has 5 nitrogen and oxygen atoms in total. The third-order valence-corrected chi connectivity index (χ3v) is 7.70. The molecule has 0 unspecified atom stereocenters. The summed E-state index contributed by atoms with van der Waals surface area (Å²) in [5, 5.41) is 3.59. The molecule has 0 fully saturated rings. The van der Waals surface area contributed by atoms with Crippen LogP contribution in [0.25, 0.3) is 0 Å². The van der Waals surface area contributed by atoms with E-state index < -0.39 is 0 Å². The number of para-hydroxylation sites is 1. The van der Waals surface area contributed by atoms with Gasteiger partial charge in [-0.15, -0.1) is 11.8 Å². The number of anilines is 1. The van der Waals surface area contributed by atoms with Crippen molar-refractivity contribution >= 4 is 34.7 Å². The number of benzene rings is 2. The normalized spacial score (nSPS) is 19.5. The molecule has 0 saturated heterocycles. The minimum absolute atomic E-state index is 0.0649. The Morgan fingerprint density at radius 3 is 2.83 bits per heavy atom. The fraction of sp³-hybridized carbons (Fsp3) is 0.238. The summed E-state index contributed by atoms with van der Waals surface area (Å²) < 4.78 is 20.5. The van der Waals surface area contributed by atoms with E-state index in [1.54, 1.807) is 16.3 Å². The molecule has 3 aromatic rings. The molecule has 1 aromatic heterocycles. The molecule has 0 aliphatic carbocycles. The number of nitrogens with one attached hydrogen (secondary N) is 1. The average molecular weight is 429 g/mol. The zero-order chi connectivity index (χ0) is 20.0. The first-order valence-corrected chi connectivity index (χ1v) is 11.0. The first-order valence-electron chi connectivity index (χ1n) is 9.23. The predicted octanol–water partition coefficient (Wildman–Crippen LogP) is 3.93. The van der Waals surface area contributed by atoms with Crippen LogP contribution in [0.4, 0.5) is 10.1 Å². The van der Waals surface area contributed by atoms with Gasteiger partial charge in [0.15, 0.2) is 0 Å². The molecule has 2 aromatic carbocycles. The van der Waals surface area contributed by atoms with Crippen LogP contribution in [-0.4, -0.2) is 22.8 Å². The summed E-state index contributed by atoms with van der Waals surface area (Å²) >= 11 is 2.83. The summed E-state index contributed by atoms with van der Waals surface area (Å²) in [6.07, 6.45) is 0. The standard InChI is InChI=1S/C21H17FN2O3S2/c22-13-5-7-14(8-6-13)23-17(25)9-24-20-19(29-21(24)26)18-12(11-28-20)10-27-16-4-2-1-3-15(16)18/h1-8,12,18H,9-11H2,(H,23,25)/t12-,18-/m1/s1. The third kappa shape index (κ3) is 3.36. The van der Waals surface area contributed by atoms with Crippen LogP contribution in [0, 0.1) is 11.7 Å². The molecule has 148 valence electrons. The number of fused-ring (bicyclic) bond motifs is 5.